The Labute approximate surface area is 53.5 Å². The van der Waals surface area contributed by atoms with Gasteiger partial charge in [-0.1, -0.05) is 0 Å². The monoisotopic (exact) mass is 127 g/mol. The first-order valence-corrected chi connectivity index (χ1v) is 2.88. The summed E-state index contributed by atoms with van der Waals surface area (Å²) < 4.78 is 0. The number of nitrogens with one attached hydrogen (secondary N) is 1. The fourth-order valence-electron chi connectivity index (χ4n) is 0.711. The molecule has 0 spiro atoms. The number of carbonyl (C=O) groups excluding carboxylic acids is 1. The van der Waals surface area contributed by atoms with Crippen LogP contribution in [0, 0.1) is 0 Å². The second-order valence-corrected chi connectivity index (χ2v) is 1.73. The van der Waals surface area contributed by atoms with Crippen LogP contribution >= 0.6 is 0 Å². The van der Waals surface area contributed by atoms with Crippen molar-refractivity contribution in [2.75, 3.05) is 13.1 Å². The Morgan fingerprint density at radius 1 is 1.89 bits per heavy atom. The van der Waals surface area contributed by atoms with Gasteiger partial charge in [-0.15, -0.1) is 0 Å². The molecule has 2 amide bonds. The van der Waals surface area contributed by atoms with Gasteiger partial charge in [0.2, 0.25) is 0 Å². The van der Waals surface area contributed by atoms with Gasteiger partial charge in [-0.3, -0.25) is 0 Å². The van der Waals surface area contributed by atoms with Crippen LogP contribution in [0.1, 0.15) is 6.92 Å². The summed E-state index contributed by atoms with van der Waals surface area (Å²) in [5.74, 6) is 0. The minimum atomic E-state index is -0.104. The van der Waals surface area contributed by atoms with Gasteiger partial charge in [0.1, 0.15) is 0 Å². The second-order valence-electron chi connectivity index (χ2n) is 1.73. The van der Waals surface area contributed by atoms with E-state index in [1.54, 1.807) is 13.1 Å². The van der Waals surface area contributed by atoms with Gasteiger partial charge in [-0.2, -0.15) is 5.10 Å². The lowest BCUT2D eigenvalue weighted by Gasteiger charge is -2.03. The van der Waals surface area contributed by atoms with Gasteiger partial charge in [0, 0.05) is 12.8 Å². The van der Waals surface area contributed by atoms with Crippen LogP contribution < -0.4 is 5.32 Å². The zero-order valence-electron chi connectivity index (χ0n) is 5.29. The Balaban J connectivity index is 2.49. The van der Waals surface area contributed by atoms with Crippen molar-refractivity contribution in [1.29, 1.82) is 0 Å². The number of hydrogen-bond donors (Lipinski definition) is 1. The Bertz CT molecular complexity index is 143. The van der Waals surface area contributed by atoms with Crippen molar-refractivity contribution < 1.29 is 4.79 Å². The summed E-state index contributed by atoms with van der Waals surface area (Å²) in [5.41, 5.74) is 0. The minimum Gasteiger partial charge on any atom is -0.335 e. The molecule has 0 aromatic carbocycles. The Morgan fingerprint density at radius 3 is 3.11 bits per heavy atom. The summed E-state index contributed by atoms with van der Waals surface area (Å²) in [6.07, 6.45) is 1.60. The maximum absolute atomic E-state index is 10.7. The van der Waals surface area contributed by atoms with Crippen molar-refractivity contribution in [2.45, 2.75) is 6.92 Å². The lowest BCUT2D eigenvalue weighted by Crippen LogP contribution is -2.22. The summed E-state index contributed by atoms with van der Waals surface area (Å²) in [6, 6.07) is -0.104. The molecule has 0 aromatic rings. The van der Waals surface area contributed by atoms with Crippen molar-refractivity contribution in [3.8, 4) is 0 Å². The molecule has 1 fully saturated rings. The molecule has 1 N–H and O–H groups in total. The van der Waals surface area contributed by atoms with E-state index in [4.69, 9.17) is 0 Å². The Morgan fingerprint density at radius 2 is 2.67 bits per heavy atom. The second kappa shape index (κ2) is 2.48. The highest BCUT2D eigenvalue weighted by molar-refractivity contribution is 5.76. The van der Waals surface area contributed by atoms with Crippen LogP contribution in [-0.2, 0) is 0 Å². The van der Waals surface area contributed by atoms with Gasteiger partial charge in [0.05, 0.1) is 6.54 Å². The minimum absolute atomic E-state index is 0.104. The van der Waals surface area contributed by atoms with Gasteiger partial charge in [0.15, 0.2) is 0 Å². The van der Waals surface area contributed by atoms with Gasteiger partial charge < -0.3 is 5.32 Å². The molecular weight excluding hydrogens is 118 g/mol. The van der Waals surface area contributed by atoms with Crippen LogP contribution in [0.4, 0.5) is 4.79 Å². The van der Waals surface area contributed by atoms with E-state index in [9.17, 15) is 4.79 Å². The third kappa shape index (κ3) is 1.19. The summed E-state index contributed by atoms with van der Waals surface area (Å²) in [5, 5.41) is 7.83. The summed E-state index contributed by atoms with van der Waals surface area (Å²) in [4.78, 5) is 10.7. The Kier molecular flexibility index (Phi) is 1.67. The predicted molar refractivity (Wildman–Crippen MR) is 34.3 cm³/mol. The van der Waals surface area contributed by atoms with Crippen LogP contribution in [-0.4, -0.2) is 30.3 Å². The molecule has 0 radical (unpaired) electrons. The largest absolute Gasteiger partial charge is 0.337 e. The summed E-state index contributed by atoms with van der Waals surface area (Å²) in [6.45, 7) is 3.17. The maximum Gasteiger partial charge on any atom is 0.337 e. The van der Waals surface area contributed by atoms with Gasteiger partial charge in [0.25, 0.3) is 0 Å². The fourth-order valence-corrected chi connectivity index (χ4v) is 0.711. The topological polar surface area (TPSA) is 44.7 Å². The normalized spacial score (nSPS) is 19.2. The molecule has 50 valence electrons. The van der Waals surface area contributed by atoms with E-state index in [1.165, 1.54) is 5.01 Å². The van der Waals surface area contributed by atoms with Crippen molar-refractivity contribution in [1.82, 2.24) is 10.3 Å². The molecule has 1 saturated heterocycles. The summed E-state index contributed by atoms with van der Waals surface area (Å²) >= 11 is 0. The van der Waals surface area contributed by atoms with E-state index < -0.39 is 0 Å². The molecule has 9 heavy (non-hydrogen) atoms. The van der Waals surface area contributed by atoms with Crippen molar-refractivity contribution in [3.05, 3.63) is 0 Å². The van der Waals surface area contributed by atoms with Gasteiger partial charge in [-0.05, 0) is 6.92 Å². The van der Waals surface area contributed by atoms with Crippen LogP contribution in [0.3, 0.4) is 0 Å². The van der Waals surface area contributed by atoms with E-state index in [2.05, 4.69) is 10.4 Å². The van der Waals surface area contributed by atoms with Crippen LogP contribution in [0.15, 0.2) is 5.10 Å². The van der Waals surface area contributed by atoms with E-state index in [0.29, 0.717) is 13.1 Å². The molecule has 4 nitrogen and oxygen atoms in total. The van der Waals surface area contributed by atoms with E-state index in [-0.39, 0.29) is 6.03 Å². The standard InChI is InChI=1S/C5H9N3O/c1-2-7-8-4-3-6-5(8)9/h2H,3-4H2,1H3,(H,6,9). The number of hydrazone groups is 1. The highest BCUT2D eigenvalue weighted by Gasteiger charge is 2.16. The lowest BCUT2D eigenvalue weighted by atomic mass is 10.7. The third-order valence-corrected chi connectivity index (χ3v) is 1.09. The quantitative estimate of drug-likeness (QED) is 0.496. The maximum atomic E-state index is 10.7. The number of rotatable bonds is 1. The molecule has 1 rings (SSSR count). The SMILES string of the molecule is CC=NN1CCNC1=O. The summed E-state index contributed by atoms with van der Waals surface area (Å²) in [7, 11) is 0. The highest BCUT2D eigenvalue weighted by Crippen LogP contribution is 1.94. The number of carbonyl (C=O) groups is 1. The molecule has 1 aliphatic rings. The smallest absolute Gasteiger partial charge is 0.335 e. The van der Waals surface area contributed by atoms with Crippen molar-refractivity contribution >= 4 is 12.2 Å². The molecule has 1 heterocycles. The predicted octanol–water partition coefficient (Wildman–Crippen LogP) is 0.0173. The molecule has 1 aliphatic heterocycles. The highest BCUT2D eigenvalue weighted by atomic mass is 16.2. The molecule has 0 atom stereocenters. The van der Waals surface area contributed by atoms with Crippen LogP contribution in [0.25, 0.3) is 0 Å². The first-order valence-electron chi connectivity index (χ1n) is 2.88. The first kappa shape index (κ1) is 6.07. The zero-order chi connectivity index (χ0) is 6.69. The average molecular weight is 127 g/mol. The first-order chi connectivity index (χ1) is 4.34. The molecule has 0 unspecified atom stereocenters. The lowest BCUT2D eigenvalue weighted by molar-refractivity contribution is 0.219. The number of hydrogen-bond acceptors (Lipinski definition) is 2. The molecule has 0 aliphatic carbocycles. The van der Waals surface area contributed by atoms with Crippen molar-refractivity contribution in [2.24, 2.45) is 5.10 Å². The van der Waals surface area contributed by atoms with E-state index >= 15 is 0 Å². The number of nitrogens with zero attached hydrogens (tertiary/aromatic N) is 2. The molecule has 0 aromatic heterocycles. The Hall–Kier alpha value is -1.06. The van der Waals surface area contributed by atoms with Crippen LogP contribution in [0.2, 0.25) is 0 Å². The molecule has 0 bridgehead atoms. The van der Waals surface area contributed by atoms with Gasteiger partial charge >= 0.3 is 6.03 Å². The molecule has 0 saturated carbocycles. The number of amides is 2. The molecular formula is C5H9N3O. The third-order valence-electron chi connectivity index (χ3n) is 1.09. The van der Waals surface area contributed by atoms with E-state index in [1.807, 2.05) is 0 Å². The van der Waals surface area contributed by atoms with Crippen LogP contribution in [0.5, 0.6) is 0 Å². The van der Waals surface area contributed by atoms with Crippen molar-refractivity contribution in [3.63, 3.8) is 0 Å². The zero-order valence-corrected chi connectivity index (χ0v) is 5.29. The number of urea groups is 1. The van der Waals surface area contributed by atoms with Gasteiger partial charge in [-0.25, -0.2) is 9.80 Å². The fraction of sp³-hybridized carbons (Fsp3) is 0.600. The molecule has 4 heteroatoms. The van der Waals surface area contributed by atoms with E-state index in [0.717, 1.165) is 0 Å². The average Bonchev–Trinajstić information content (AvgIpc) is 2.18.